The summed E-state index contributed by atoms with van der Waals surface area (Å²) >= 11 is 3.42. The van der Waals surface area contributed by atoms with Crippen molar-refractivity contribution < 1.29 is 10.0 Å². The number of carbonyl (C=O) groups excluding carboxylic acids is 1. The Morgan fingerprint density at radius 1 is 1.52 bits per heavy atom. The van der Waals surface area contributed by atoms with Crippen molar-refractivity contribution in [3.63, 3.8) is 0 Å². The summed E-state index contributed by atoms with van der Waals surface area (Å²) in [7, 11) is 1.70. The van der Waals surface area contributed by atoms with Crippen LogP contribution >= 0.6 is 15.9 Å². The van der Waals surface area contributed by atoms with Gasteiger partial charge in [-0.1, -0.05) is 11.2 Å². The lowest BCUT2D eigenvalue weighted by atomic mass is 10.1. The van der Waals surface area contributed by atoms with E-state index in [2.05, 4.69) is 26.1 Å². The molecular formula is C13H12BrN5O2. The summed E-state index contributed by atoms with van der Waals surface area (Å²) in [6, 6.07) is 5.49. The normalized spacial score (nSPS) is 14.7. The number of amides is 1. The molecule has 2 heterocycles. The van der Waals surface area contributed by atoms with Crippen molar-refractivity contribution in [3.05, 3.63) is 46.0 Å². The molecule has 0 aliphatic carbocycles. The Balaban J connectivity index is 2.32. The van der Waals surface area contributed by atoms with E-state index in [1.54, 1.807) is 22.8 Å². The Labute approximate surface area is 128 Å². The quantitative estimate of drug-likeness (QED) is 0.351. The third kappa shape index (κ3) is 1.99. The molecule has 1 aliphatic rings. The molecule has 2 aromatic rings. The molecule has 108 valence electrons. The van der Waals surface area contributed by atoms with Gasteiger partial charge in [0.1, 0.15) is 12.0 Å². The van der Waals surface area contributed by atoms with Crippen LogP contribution in [0.25, 0.3) is 5.69 Å². The molecule has 8 heteroatoms. The van der Waals surface area contributed by atoms with E-state index in [1.807, 2.05) is 18.2 Å². The monoisotopic (exact) mass is 349 g/mol. The van der Waals surface area contributed by atoms with Gasteiger partial charge in [-0.3, -0.25) is 9.36 Å². The molecule has 0 unspecified atom stereocenters. The van der Waals surface area contributed by atoms with Crippen molar-refractivity contribution in [3.8, 4) is 5.69 Å². The minimum absolute atomic E-state index is 0.0805. The molecular weight excluding hydrogens is 338 g/mol. The molecule has 0 spiro atoms. The molecule has 1 aromatic carbocycles. The number of amidine groups is 1. The molecule has 0 radical (unpaired) electrons. The zero-order chi connectivity index (χ0) is 15.1. The number of hydrogen-bond donors (Lipinski definition) is 2. The van der Waals surface area contributed by atoms with E-state index >= 15 is 0 Å². The SMILES string of the molecule is CN1Cc2c(C(N)=NO)ncn2-c2cccc(Br)c2C1=O. The Morgan fingerprint density at radius 2 is 2.29 bits per heavy atom. The number of aromatic nitrogens is 2. The molecule has 0 saturated heterocycles. The smallest absolute Gasteiger partial charge is 0.257 e. The Kier molecular flexibility index (Phi) is 3.17. The summed E-state index contributed by atoms with van der Waals surface area (Å²) in [5.74, 6) is -0.185. The highest BCUT2D eigenvalue weighted by atomic mass is 79.9. The van der Waals surface area contributed by atoms with Crippen LogP contribution in [0.4, 0.5) is 0 Å². The second-order valence-corrected chi connectivity index (χ2v) is 5.54. The van der Waals surface area contributed by atoms with Crippen molar-refractivity contribution >= 4 is 27.7 Å². The number of hydrogen-bond acceptors (Lipinski definition) is 4. The van der Waals surface area contributed by atoms with Gasteiger partial charge in [0.2, 0.25) is 0 Å². The lowest BCUT2D eigenvalue weighted by molar-refractivity contribution is 0.0787. The van der Waals surface area contributed by atoms with Crippen LogP contribution in [0.5, 0.6) is 0 Å². The van der Waals surface area contributed by atoms with Gasteiger partial charge in [-0.15, -0.1) is 0 Å². The summed E-state index contributed by atoms with van der Waals surface area (Å²) in [6.45, 7) is 0.311. The fourth-order valence-corrected chi connectivity index (χ4v) is 2.93. The van der Waals surface area contributed by atoms with E-state index in [0.717, 1.165) is 0 Å². The van der Waals surface area contributed by atoms with Crippen LogP contribution in [0.1, 0.15) is 21.7 Å². The molecule has 1 amide bonds. The second-order valence-electron chi connectivity index (χ2n) is 4.69. The van der Waals surface area contributed by atoms with Gasteiger partial charge in [0.15, 0.2) is 5.84 Å². The number of oxime groups is 1. The van der Waals surface area contributed by atoms with E-state index in [4.69, 9.17) is 10.9 Å². The number of nitrogens with two attached hydrogens (primary N) is 1. The Morgan fingerprint density at radius 3 is 3.00 bits per heavy atom. The van der Waals surface area contributed by atoms with Gasteiger partial charge in [-0.2, -0.15) is 0 Å². The fourth-order valence-electron chi connectivity index (χ4n) is 2.41. The third-order valence-electron chi connectivity index (χ3n) is 3.42. The zero-order valence-electron chi connectivity index (χ0n) is 11.1. The summed E-state index contributed by atoms with van der Waals surface area (Å²) in [5.41, 5.74) is 7.98. The molecule has 21 heavy (non-hydrogen) atoms. The summed E-state index contributed by atoms with van der Waals surface area (Å²) < 4.78 is 2.50. The van der Waals surface area contributed by atoms with Crippen molar-refractivity contribution in [2.24, 2.45) is 10.9 Å². The fraction of sp³-hybridized carbons (Fsp3) is 0.154. The van der Waals surface area contributed by atoms with Gasteiger partial charge >= 0.3 is 0 Å². The van der Waals surface area contributed by atoms with Crippen molar-refractivity contribution in [1.82, 2.24) is 14.5 Å². The van der Waals surface area contributed by atoms with Crippen molar-refractivity contribution in [1.29, 1.82) is 0 Å². The van der Waals surface area contributed by atoms with Crippen LogP contribution in [-0.4, -0.2) is 38.4 Å². The lowest BCUT2D eigenvalue weighted by Crippen LogP contribution is -2.26. The maximum Gasteiger partial charge on any atom is 0.257 e. The predicted molar refractivity (Wildman–Crippen MR) is 79.6 cm³/mol. The van der Waals surface area contributed by atoms with Crippen LogP contribution in [0.15, 0.2) is 34.2 Å². The summed E-state index contributed by atoms with van der Waals surface area (Å²) in [6.07, 6.45) is 1.57. The first-order chi connectivity index (χ1) is 10.0. The Hall–Kier alpha value is -2.35. The summed E-state index contributed by atoms with van der Waals surface area (Å²) in [5, 5.41) is 11.9. The molecule has 1 aliphatic heterocycles. The van der Waals surface area contributed by atoms with E-state index < -0.39 is 0 Å². The number of halogens is 1. The zero-order valence-corrected chi connectivity index (χ0v) is 12.7. The molecule has 1 aromatic heterocycles. The van der Waals surface area contributed by atoms with Crippen LogP contribution in [-0.2, 0) is 6.54 Å². The van der Waals surface area contributed by atoms with Crippen LogP contribution in [0.2, 0.25) is 0 Å². The van der Waals surface area contributed by atoms with Gasteiger partial charge in [0, 0.05) is 11.5 Å². The molecule has 0 saturated carbocycles. The highest BCUT2D eigenvalue weighted by Crippen LogP contribution is 2.30. The predicted octanol–water partition coefficient (Wildman–Crippen LogP) is 1.31. The number of nitrogens with zero attached hydrogens (tertiary/aromatic N) is 4. The molecule has 0 fully saturated rings. The van der Waals surface area contributed by atoms with Crippen LogP contribution < -0.4 is 5.73 Å². The van der Waals surface area contributed by atoms with Crippen molar-refractivity contribution in [2.75, 3.05) is 7.05 Å². The highest BCUT2D eigenvalue weighted by Gasteiger charge is 2.28. The van der Waals surface area contributed by atoms with Gasteiger partial charge < -0.3 is 15.8 Å². The number of fused-ring (bicyclic) bond motifs is 3. The van der Waals surface area contributed by atoms with Crippen LogP contribution in [0.3, 0.4) is 0 Å². The Bertz CT molecular complexity index is 768. The third-order valence-corrected chi connectivity index (χ3v) is 4.08. The first kappa shape index (κ1) is 13.6. The molecule has 3 N–H and O–H groups in total. The largest absolute Gasteiger partial charge is 0.409 e. The van der Waals surface area contributed by atoms with E-state index in [-0.39, 0.29) is 11.7 Å². The summed E-state index contributed by atoms with van der Waals surface area (Å²) in [4.78, 5) is 18.3. The highest BCUT2D eigenvalue weighted by molar-refractivity contribution is 9.10. The average Bonchev–Trinajstić information content (AvgIpc) is 2.84. The number of carbonyl (C=O) groups is 1. The van der Waals surface area contributed by atoms with E-state index in [1.165, 1.54) is 0 Å². The molecule has 3 rings (SSSR count). The minimum Gasteiger partial charge on any atom is -0.409 e. The second kappa shape index (κ2) is 4.88. The number of imidazole rings is 1. The maximum atomic E-state index is 12.5. The first-order valence-electron chi connectivity index (χ1n) is 6.13. The minimum atomic E-state index is -0.105. The number of benzene rings is 1. The van der Waals surface area contributed by atoms with E-state index in [0.29, 0.717) is 33.7 Å². The number of rotatable bonds is 1. The van der Waals surface area contributed by atoms with Gasteiger partial charge in [-0.05, 0) is 28.1 Å². The van der Waals surface area contributed by atoms with Crippen LogP contribution in [0, 0.1) is 0 Å². The molecule has 7 nitrogen and oxygen atoms in total. The van der Waals surface area contributed by atoms with Crippen molar-refractivity contribution in [2.45, 2.75) is 6.54 Å². The van der Waals surface area contributed by atoms with Gasteiger partial charge in [0.05, 0.1) is 23.5 Å². The lowest BCUT2D eigenvalue weighted by Gasteiger charge is -2.15. The van der Waals surface area contributed by atoms with Gasteiger partial charge in [0.25, 0.3) is 5.91 Å². The molecule has 0 bridgehead atoms. The van der Waals surface area contributed by atoms with Gasteiger partial charge in [-0.25, -0.2) is 4.98 Å². The van der Waals surface area contributed by atoms with E-state index in [9.17, 15) is 4.79 Å². The standard InChI is InChI=1S/C13H12BrN5O2/c1-18-5-9-11(12(15)17-21)16-6-19(9)8-4-2-3-7(14)10(8)13(18)20/h2-4,6,21H,5H2,1H3,(H2,15,17). The maximum absolute atomic E-state index is 12.5. The topological polar surface area (TPSA) is 96.7 Å². The molecule has 0 atom stereocenters. The first-order valence-corrected chi connectivity index (χ1v) is 6.92. The average molecular weight is 350 g/mol.